The minimum atomic E-state index is -1.03. The first-order valence-corrected chi connectivity index (χ1v) is 9.91. The van der Waals surface area contributed by atoms with Gasteiger partial charge in [0.15, 0.2) is 5.60 Å². The molecule has 0 saturated carbocycles. The molecule has 1 amide bonds. The molecule has 0 saturated heterocycles. The molecular weight excluding hydrogens is 380 g/mol. The molecule has 2 aromatic heterocycles. The van der Waals surface area contributed by atoms with E-state index in [1.54, 1.807) is 60.5 Å². The van der Waals surface area contributed by atoms with Gasteiger partial charge in [0.1, 0.15) is 5.75 Å². The molecule has 140 valence electrons. The van der Waals surface area contributed by atoms with Crippen LogP contribution in [0.5, 0.6) is 5.75 Å². The molecule has 0 aliphatic carbocycles. The maximum Gasteiger partial charge on any atom is 0.266 e. The van der Waals surface area contributed by atoms with E-state index in [1.807, 2.05) is 35.0 Å². The Balaban J connectivity index is 1.80. The molecule has 0 atom stereocenters. The summed E-state index contributed by atoms with van der Waals surface area (Å²) in [7, 11) is 0. The molecule has 0 radical (unpaired) electrons. The lowest BCUT2D eigenvalue weighted by Crippen LogP contribution is -2.48. The maximum atomic E-state index is 13.3. The summed E-state index contributed by atoms with van der Waals surface area (Å²) in [6.45, 7) is 4.49. The quantitative estimate of drug-likeness (QED) is 0.548. The maximum absolute atomic E-state index is 13.3. The number of benzene rings is 1. The van der Waals surface area contributed by atoms with Crippen molar-refractivity contribution in [2.24, 2.45) is 0 Å². The average molecular weight is 401 g/mol. The lowest BCUT2D eigenvalue weighted by molar-refractivity contribution is -0.146. The number of rotatable bonds is 7. The Morgan fingerprint density at radius 1 is 1.15 bits per heavy atom. The van der Waals surface area contributed by atoms with Crippen molar-refractivity contribution in [1.29, 1.82) is 0 Å². The van der Waals surface area contributed by atoms with Crippen LogP contribution >= 0.6 is 22.9 Å². The molecule has 4 nitrogen and oxygen atoms in total. The van der Waals surface area contributed by atoms with E-state index in [2.05, 4.69) is 4.98 Å². The third kappa shape index (κ3) is 5.31. The number of aromatic nitrogens is 1. The SMILES string of the molecule is CC(C)(Oc1ccc(Cl)cc1)C(=O)N(Cc1ccsc1)Cc1ccccn1. The van der Waals surface area contributed by atoms with Gasteiger partial charge < -0.3 is 9.64 Å². The fraction of sp³-hybridized carbons (Fsp3) is 0.238. The first-order valence-electron chi connectivity index (χ1n) is 8.59. The number of halogens is 1. The van der Waals surface area contributed by atoms with Crippen molar-refractivity contribution in [3.8, 4) is 5.75 Å². The van der Waals surface area contributed by atoms with Crippen molar-refractivity contribution in [2.45, 2.75) is 32.5 Å². The highest BCUT2D eigenvalue weighted by molar-refractivity contribution is 7.07. The number of thiophene rings is 1. The van der Waals surface area contributed by atoms with Crippen molar-refractivity contribution in [3.63, 3.8) is 0 Å². The Labute approximate surface area is 168 Å². The van der Waals surface area contributed by atoms with Gasteiger partial charge in [0.25, 0.3) is 5.91 Å². The van der Waals surface area contributed by atoms with E-state index in [0.717, 1.165) is 11.3 Å². The van der Waals surface area contributed by atoms with Gasteiger partial charge in [-0.1, -0.05) is 17.7 Å². The van der Waals surface area contributed by atoms with Crippen molar-refractivity contribution < 1.29 is 9.53 Å². The zero-order chi connectivity index (χ0) is 19.3. The molecular formula is C21H21ClN2O2S. The summed E-state index contributed by atoms with van der Waals surface area (Å²) in [6.07, 6.45) is 1.73. The molecule has 6 heteroatoms. The molecule has 0 aliphatic rings. The number of ether oxygens (including phenoxy) is 1. The second-order valence-corrected chi connectivity index (χ2v) is 7.90. The Hall–Kier alpha value is -2.37. The number of pyridine rings is 1. The molecule has 0 unspecified atom stereocenters. The summed E-state index contributed by atoms with van der Waals surface area (Å²) < 4.78 is 5.99. The van der Waals surface area contributed by atoms with Gasteiger partial charge in [-0.05, 0) is 72.6 Å². The highest BCUT2D eigenvalue weighted by Gasteiger charge is 2.34. The third-order valence-electron chi connectivity index (χ3n) is 4.02. The van der Waals surface area contributed by atoms with Gasteiger partial charge in [-0.25, -0.2) is 0 Å². The van der Waals surface area contributed by atoms with E-state index < -0.39 is 5.60 Å². The van der Waals surface area contributed by atoms with Gasteiger partial charge >= 0.3 is 0 Å². The number of carbonyl (C=O) groups excluding carboxylic acids is 1. The van der Waals surface area contributed by atoms with Crippen LogP contribution in [0.25, 0.3) is 0 Å². The van der Waals surface area contributed by atoms with Crippen LogP contribution in [0.2, 0.25) is 5.02 Å². The number of hydrogen-bond acceptors (Lipinski definition) is 4. The lowest BCUT2D eigenvalue weighted by atomic mass is 10.1. The molecule has 27 heavy (non-hydrogen) atoms. The van der Waals surface area contributed by atoms with E-state index in [0.29, 0.717) is 23.9 Å². The topological polar surface area (TPSA) is 42.4 Å². The van der Waals surface area contributed by atoms with Gasteiger partial charge in [0, 0.05) is 17.8 Å². The van der Waals surface area contributed by atoms with Gasteiger partial charge in [-0.2, -0.15) is 11.3 Å². The summed E-state index contributed by atoms with van der Waals surface area (Å²) in [5.74, 6) is 0.500. The van der Waals surface area contributed by atoms with E-state index in [4.69, 9.17) is 16.3 Å². The lowest BCUT2D eigenvalue weighted by Gasteiger charge is -2.32. The Morgan fingerprint density at radius 2 is 1.93 bits per heavy atom. The van der Waals surface area contributed by atoms with Crippen LogP contribution in [0.4, 0.5) is 0 Å². The van der Waals surface area contributed by atoms with Gasteiger partial charge in [-0.3, -0.25) is 9.78 Å². The van der Waals surface area contributed by atoms with Crippen molar-refractivity contribution in [1.82, 2.24) is 9.88 Å². The monoisotopic (exact) mass is 400 g/mol. The zero-order valence-corrected chi connectivity index (χ0v) is 16.8. The summed E-state index contributed by atoms with van der Waals surface area (Å²) in [5, 5.41) is 4.68. The minimum absolute atomic E-state index is 0.102. The highest BCUT2D eigenvalue weighted by atomic mass is 35.5. The van der Waals surface area contributed by atoms with E-state index in [9.17, 15) is 4.79 Å². The Morgan fingerprint density at radius 3 is 2.56 bits per heavy atom. The zero-order valence-electron chi connectivity index (χ0n) is 15.3. The molecule has 0 bridgehead atoms. The standard InChI is InChI=1S/C21H21ClN2O2S/c1-21(2,26-19-8-6-17(22)7-9-19)20(25)24(13-16-10-12-27-15-16)14-18-5-3-4-11-23-18/h3-12,15H,13-14H2,1-2H3. The fourth-order valence-electron chi connectivity index (χ4n) is 2.71. The molecule has 3 rings (SSSR count). The van der Waals surface area contributed by atoms with E-state index in [1.165, 1.54) is 0 Å². The summed E-state index contributed by atoms with van der Waals surface area (Å²) in [5.41, 5.74) is 0.897. The minimum Gasteiger partial charge on any atom is -0.478 e. The van der Waals surface area contributed by atoms with Gasteiger partial charge in [-0.15, -0.1) is 0 Å². The number of nitrogens with zero attached hydrogens (tertiary/aromatic N) is 2. The van der Waals surface area contributed by atoms with E-state index >= 15 is 0 Å². The van der Waals surface area contributed by atoms with Crippen LogP contribution < -0.4 is 4.74 Å². The van der Waals surface area contributed by atoms with Crippen LogP contribution in [0.3, 0.4) is 0 Å². The van der Waals surface area contributed by atoms with Crippen molar-refractivity contribution in [3.05, 3.63) is 81.8 Å². The molecule has 0 spiro atoms. The van der Waals surface area contributed by atoms with Crippen LogP contribution in [0.15, 0.2) is 65.5 Å². The van der Waals surface area contributed by atoms with Gasteiger partial charge in [0.2, 0.25) is 0 Å². The molecule has 0 N–H and O–H groups in total. The van der Waals surface area contributed by atoms with Crippen LogP contribution in [0, 0.1) is 0 Å². The normalized spacial score (nSPS) is 11.2. The molecule has 0 aliphatic heterocycles. The first-order chi connectivity index (χ1) is 12.9. The molecule has 1 aromatic carbocycles. The second kappa shape index (κ2) is 8.55. The van der Waals surface area contributed by atoms with E-state index in [-0.39, 0.29) is 5.91 Å². The average Bonchev–Trinajstić information content (AvgIpc) is 3.16. The van der Waals surface area contributed by atoms with Crippen molar-refractivity contribution in [2.75, 3.05) is 0 Å². The second-order valence-electron chi connectivity index (χ2n) is 6.68. The summed E-state index contributed by atoms with van der Waals surface area (Å²) in [6, 6.07) is 14.7. The fourth-order valence-corrected chi connectivity index (χ4v) is 3.50. The Kier molecular flexibility index (Phi) is 6.14. The highest BCUT2D eigenvalue weighted by Crippen LogP contribution is 2.24. The number of hydrogen-bond donors (Lipinski definition) is 0. The molecule has 3 aromatic rings. The Bertz CT molecular complexity index is 865. The number of amides is 1. The van der Waals surface area contributed by atoms with Crippen LogP contribution in [0.1, 0.15) is 25.1 Å². The predicted molar refractivity (Wildman–Crippen MR) is 109 cm³/mol. The summed E-state index contributed by atoms with van der Waals surface area (Å²) >= 11 is 7.54. The summed E-state index contributed by atoms with van der Waals surface area (Å²) in [4.78, 5) is 19.5. The first kappa shape index (κ1) is 19.4. The molecule has 0 fully saturated rings. The van der Waals surface area contributed by atoms with Crippen LogP contribution in [-0.4, -0.2) is 21.4 Å². The van der Waals surface area contributed by atoms with Crippen molar-refractivity contribution >= 4 is 28.8 Å². The molecule has 2 heterocycles. The van der Waals surface area contributed by atoms with Gasteiger partial charge in [0.05, 0.1) is 12.2 Å². The third-order valence-corrected chi connectivity index (χ3v) is 5.01. The number of carbonyl (C=O) groups is 1. The van der Waals surface area contributed by atoms with Crippen LogP contribution in [-0.2, 0) is 17.9 Å². The predicted octanol–water partition coefficient (Wildman–Crippen LogP) is 5.18. The largest absolute Gasteiger partial charge is 0.478 e. The smallest absolute Gasteiger partial charge is 0.266 e.